The largest absolute Gasteiger partial charge is 0.467 e. The molecule has 1 aromatic heterocycles. The Bertz CT molecular complexity index is 797. The Morgan fingerprint density at radius 2 is 2.04 bits per heavy atom. The van der Waals surface area contributed by atoms with E-state index in [0.717, 1.165) is 0 Å². The summed E-state index contributed by atoms with van der Waals surface area (Å²) in [5.74, 6) is 0.351. The van der Waals surface area contributed by atoms with E-state index in [1.54, 1.807) is 30.3 Å². The lowest BCUT2D eigenvalue weighted by Gasteiger charge is -2.11. The molecule has 1 amide bonds. The molecule has 0 atom stereocenters. The van der Waals surface area contributed by atoms with Crippen LogP contribution in [0, 0.1) is 10.1 Å². The van der Waals surface area contributed by atoms with Crippen LogP contribution < -0.4 is 5.32 Å². The van der Waals surface area contributed by atoms with Gasteiger partial charge in [-0.15, -0.1) is 0 Å². The zero-order valence-electron chi connectivity index (χ0n) is 11.8. The lowest BCUT2D eigenvalue weighted by Crippen LogP contribution is -2.29. The third kappa shape index (κ3) is 3.11. The third-order valence-electron chi connectivity index (χ3n) is 3.27. The van der Waals surface area contributed by atoms with Gasteiger partial charge >= 0.3 is 0 Å². The molecule has 0 aliphatic carbocycles. The summed E-state index contributed by atoms with van der Waals surface area (Å²) in [6.45, 7) is 0.245. The fourth-order valence-electron chi connectivity index (χ4n) is 2.13. The van der Waals surface area contributed by atoms with Crippen molar-refractivity contribution in [2.45, 2.75) is 6.54 Å². The molecule has 0 bridgehead atoms. The lowest BCUT2D eigenvalue weighted by molar-refractivity contribution is -0.384. The van der Waals surface area contributed by atoms with Crippen LogP contribution in [0.15, 0.2) is 52.8 Å². The molecule has 1 aliphatic heterocycles. The molecule has 1 saturated heterocycles. The van der Waals surface area contributed by atoms with Crippen LogP contribution in [0.4, 0.5) is 5.69 Å². The maximum atomic E-state index is 12.4. The zero-order valence-corrected chi connectivity index (χ0v) is 12.6. The zero-order chi connectivity index (χ0) is 16.4. The van der Waals surface area contributed by atoms with Gasteiger partial charge in [-0.1, -0.05) is 0 Å². The van der Waals surface area contributed by atoms with E-state index in [9.17, 15) is 14.9 Å². The predicted molar refractivity (Wildman–Crippen MR) is 86.1 cm³/mol. The molecule has 2 heterocycles. The summed E-state index contributed by atoms with van der Waals surface area (Å²) in [6, 6.07) is 9.39. The standard InChI is InChI=1S/C15H11N3O4S/c19-14-13(8-10-3-5-11(6-4-10)18(20)21)16-15(23)17(14)9-12-2-1-7-22-12/h1-8H,9H2,(H,16,23)/b13-8+. The van der Waals surface area contributed by atoms with Crippen molar-refractivity contribution in [3.63, 3.8) is 0 Å². The summed E-state index contributed by atoms with van der Waals surface area (Å²) in [5.41, 5.74) is 0.970. The Hall–Kier alpha value is -3.00. The quantitative estimate of drug-likeness (QED) is 0.401. The highest BCUT2D eigenvalue weighted by Gasteiger charge is 2.31. The van der Waals surface area contributed by atoms with Gasteiger partial charge in [0.2, 0.25) is 0 Å². The molecule has 23 heavy (non-hydrogen) atoms. The summed E-state index contributed by atoms with van der Waals surface area (Å²) >= 11 is 5.16. The van der Waals surface area contributed by atoms with Crippen molar-refractivity contribution in [1.82, 2.24) is 10.2 Å². The monoisotopic (exact) mass is 329 g/mol. The van der Waals surface area contributed by atoms with Gasteiger partial charge in [0, 0.05) is 12.1 Å². The summed E-state index contributed by atoms with van der Waals surface area (Å²) in [4.78, 5) is 23.9. The van der Waals surface area contributed by atoms with Crippen molar-refractivity contribution in [1.29, 1.82) is 0 Å². The molecule has 0 saturated carbocycles. The number of carbonyl (C=O) groups excluding carboxylic acids is 1. The van der Waals surface area contributed by atoms with E-state index in [1.165, 1.54) is 23.3 Å². The van der Waals surface area contributed by atoms with Crippen LogP contribution in [-0.4, -0.2) is 20.8 Å². The molecule has 1 N–H and O–H groups in total. The number of non-ortho nitro benzene ring substituents is 1. The summed E-state index contributed by atoms with van der Waals surface area (Å²) < 4.78 is 5.22. The molecule has 1 aromatic carbocycles. The summed E-state index contributed by atoms with van der Waals surface area (Å²) in [6.07, 6.45) is 3.13. The first-order valence-corrected chi connectivity index (χ1v) is 7.07. The molecule has 1 fully saturated rings. The van der Waals surface area contributed by atoms with Crippen molar-refractivity contribution >= 4 is 35.0 Å². The van der Waals surface area contributed by atoms with E-state index < -0.39 is 4.92 Å². The molecular formula is C15H11N3O4S. The topological polar surface area (TPSA) is 88.6 Å². The SMILES string of the molecule is O=C1/C(=C\c2ccc([N+](=O)[O-])cc2)NC(=S)N1Cc1ccco1. The Morgan fingerprint density at radius 3 is 2.65 bits per heavy atom. The average Bonchev–Trinajstić information content (AvgIpc) is 3.12. The number of carbonyl (C=O) groups is 1. The predicted octanol–water partition coefficient (Wildman–Crippen LogP) is 2.45. The smallest absolute Gasteiger partial charge is 0.276 e. The molecular weight excluding hydrogens is 318 g/mol. The van der Waals surface area contributed by atoms with Gasteiger partial charge in [-0.2, -0.15) is 0 Å². The number of hydrogen-bond donors (Lipinski definition) is 1. The highest BCUT2D eigenvalue weighted by atomic mass is 32.1. The molecule has 2 aromatic rings. The minimum absolute atomic E-state index is 0.00664. The van der Waals surface area contributed by atoms with Crippen LogP contribution in [0.25, 0.3) is 6.08 Å². The maximum Gasteiger partial charge on any atom is 0.276 e. The molecule has 1 aliphatic rings. The van der Waals surface area contributed by atoms with Crippen molar-refractivity contribution < 1.29 is 14.1 Å². The fraction of sp³-hybridized carbons (Fsp3) is 0.0667. The number of nitro groups is 1. The molecule has 0 spiro atoms. The van der Waals surface area contributed by atoms with Crippen molar-refractivity contribution in [3.05, 3.63) is 69.8 Å². The molecule has 116 valence electrons. The van der Waals surface area contributed by atoms with Crippen LogP contribution in [0.3, 0.4) is 0 Å². The van der Waals surface area contributed by atoms with Gasteiger partial charge in [-0.05, 0) is 48.1 Å². The van der Waals surface area contributed by atoms with Crippen molar-refractivity contribution in [2.75, 3.05) is 0 Å². The van der Waals surface area contributed by atoms with Gasteiger partial charge in [-0.25, -0.2) is 0 Å². The fourth-order valence-corrected chi connectivity index (χ4v) is 2.39. The van der Waals surface area contributed by atoms with E-state index in [1.807, 2.05) is 0 Å². The molecule has 0 radical (unpaired) electrons. The Kier molecular flexibility index (Phi) is 3.90. The number of nitrogens with one attached hydrogen (secondary N) is 1. The number of benzene rings is 1. The highest BCUT2D eigenvalue weighted by Crippen LogP contribution is 2.19. The Balaban J connectivity index is 1.79. The number of thiocarbonyl (C=S) groups is 1. The average molecular weight is 329 g/mol. The van der Waals surface area contributed by atoms with E-state index in [-0.39, 0.29) is 18.1 Å². The van der Waals surface area contributed by atoms with Gasteiger partial charge in [0.15, 0.2) is 5.11 Å². The lowest BCUT2D eigenvalue weighted by atomic mass is 10.1. The minimum atomic E-state index is -0.476. The molecule has 0 unspecified atom stereocenters. The maximum absolute atomic E-state index is 12.4. The normalized spacial score (nSPS) is 16.0. The van der Waals surface area contributed by atoms with Gasteiger partial charge in [0.1, 0.15) is 11.5 Å². The van der Waals surface area contributed by atoms with E-state index in [2.05, 4.69) is 5.32 Å². The third-order valence-corrected chi connectivity index (χ3v) is 3.59. The second-order valence-corrected chi connectivity index (χ2v) is 5.19. The number of rotatable bonds is 4. The first-order chi connectivity index (χ1) is 11.0. The number of nitro benzene ring substituents is 1. The second kappa shape index (κ2) is 6.01. The Morgan fingerprint density at radius 1 is 1.30 bits per heavy atom. The number of amides is 1. The molecule has 7 nitrogen and oxygen atoms in total. The van der Waals surface area contributed by atoms with Gasteiger partial charge in [0.05, 0.1) is 17.7 Å². The van der Waals surface area contributed by atoms with E-state index >= 15 is 0 Å². The minimum Gasteiger partial charge on any atom is -0.467 e. The summed E-state index contributed by atoms with van der Waals surface area (Å²) in [7, 11) is 0. The highest BCUT2D eigenvalue weighted by molar-refractivity contribution is 7.80. The van der Waals surface area contributed by atoms with Gasteiger partial charge in [0.25, 0.3) is 11.6 Å². The molecule has 3 rings (SSSR count). The van der Waals surface area contributed by atoms with Crippen LogP contribution in [0.1, 0.15) is 11.3 Å². The van der Waals surface area contributed by atoms with Crippen LogP contribution in [-0.2, 0) is 11.3 Å². The number of nitrogens with zero attached hydrogens (tertiary/aromatic N) is 2. The van der Waals surface area contributed by atoms with Gasteiger partial charge < -0.3 is 9.73 Å². The summed E-state index contributed by atoms with van der Waals surface area (Å²) in [5, 5.41) is 13.8. The van der Waals surface area contributed by atoms with Crippen molar-refractivity contribution in [3.8, 4) is 0 Å². The second-order valence-electron chi connectivity index (χ2n) is 4.81. The Labute approximate surface area is 136 Å². The number of hydrogen-bond acceptors (Lipinski definition) is 5. The van der Waals surface area contributed by atoms with E-state index in [0.29, 0.717) is 22.1 Å². The van der Waals surface area contributed by atoms with Crippen LogP contribution in [0.2, 0.25) is 0 Å². The first-order valence-electron chi connectivity index (χ1n) is 6.66. The first kappa shape index (κ1) is 14.9. The van der Waals surface area contributed by atoms with Crippen LogP contribution in [0.5, 0.6) is 0 Å². The molecule has 8 heteroatoms. The van der Waals surface area contributed by atoms with Crippen LogP contribution >= 0.6 is 12.2 Å². The van der Waals surface area contributed by atoms with Gasteiger partial charge in [-0.3, -0.25) is 19.8 Å². The number of furan rings is 1. The van der Waals surface area contributed by atoms with E-state index in [4.69, 9.17) is 16.6 Å². The van der Waals surface area contributed by atoms with Crippen molar-refractivity contribution in [2.24, 2.45) is 0 Å².